The molecule has 2 saturated heterocycles. The van der Waals surface area contributed by atoms with Gasteiger partial charge < -0.3 is 9.53 Å². The number of hydrogen-bond acceptors (Lipinski definition) is 3. The van der Waals surface area contributed by atoms with Gasteiger partial charge in [-0.1, -0.05) is 12.8 Å². The van der Waals surface area contributed by atoms with Gasteiger partial charge in [0.15, 0.2) is 0 Å². The fourth-order valence-corrected chi connectivity index (χ4v) is 4.46. The highest BCUT2D eigenvalue weighted by molar-refractivity contribution is 5.60. The van der Waals surface area contributed by atoms with E-state index in [-0.39, 0.29) is 5.41 Å². The van der Waals surface area contributed by atoms with Crippen molar-refractivity contribution in [3.05, 3.63) is 0 Å². The van der Waals surface area contributed by atoms with Crippen molar-refractivity contribution >= 4 is 6.29 Å². The zero-order chi connectivity index (χ0) is 13.1. The Morgan fingerprint density at radius 2 is 2.00 bits per heavy atom. The van der Waals surface area contributed by atoms with E-state index in [0.717, 1.165) is 38.0 Å². The van der Waals surface area contributed by atoms with E-state index in [0.29, 0.717) is 6.61 Å². The minimum atomic E-state index is -0.211. The van der Waals surface area contributed by atoms with Crippen LogP contribution in [0.3, 0.4) is 0 Å². The lowest BCUT2D eigenvalue weighted by atomic mass is 9.76. The summed E-state index contributed by atoms with van der Waals surface area (Å²) in [5.41, 5.74) is -0.211. The number of piperidine rings is 1. The first-order valence-corrected chi connectivity index (χ1v) is 8.11. The van der Waals surface area contributed by atoms with Gasteiger partial charge in [0, 0.05) is 19.2 Å². The number of rotatable bonds is 3. The van der Waals surface area contributed by atoms with Crippen molar-refractivity contribution in [1.29, 1.82) is 0 Å². The van der Waals surface area contributed by atoms with Crippen LogP contribution in [0.4, 0.5) is 0 Å². The molecule has 19 heavy (non-hydrogen) atoms. The van der Waals surface area contributed by atoms with Gasteiger partial charge in [-0.05, 0) is 51.0 Å². The fourth-order valence-electron chi connectivity index (χ4n) is 4.46. The number of carbonyl (C=O) groups excluding carboxylic acids is 1. The maximum absolute atomic E-state index is 11.6. The smallest absolute Gasteiger partial charge is 0.129 e. The summed E-state index contributed by atoms with van der Waals surface area (Å²) < 4.78 is 5.60. The molecule has 3 heteroatoms. The van der Waals surface area contributed by atoms with Crippen LogP contribution in [0.15, 0.2) is 0 Å². The molecule has 1 unspecified atom stereocenters. The first-order chi connectivity index (χ1) is 9.33. The molecule has 0 aromatic carbocycles. The molecular formula is C16H27NO2. The second-order valence-corrected chi connectivity index (χ2v) is 6.86. The van der Waals surface area contributed by atoms with Crippen LogP contribution in [-0.2, 0) is 9.53 Å². The van der Waals surface area contributed by atoms with Crippen molar-refractivity contribution in [2.45, 2.75) is 57.4 Å². The van der Waals surface area contributed by atoms with Crippen LogP contribution in [0, 0.1) is 11.3 Å². The first-order valence-electron chi connectivity index (χ1n) is 8.11. The van der Waals surface area contributed by atoms with E-state index in [2.05, 4.69) is 4.90 Å². The number of aldehydes is 1. The van der Waals surface area contributed by atoms with Crippen LogP contribution in [0.1, 0.15) is 51.4 Å². The lowest BCUT2D eigenvalue weighted by molar-refractivity contribution is -0.127. The molecule has 0 radical (unpaired) electrons. The molecule has 3 atom stereocenters. The van der Waals surface area contributed by atoms with E-state index in [1.165, 1.54) is 51.4 Å². The molecule has 3 aliphatic rings. The Morgan fingerprint density at radius 1 is 1.16 bits per heavy atom. The summed E-state index contributed by atoms with van der Waals surface area (Å²) in [6, 6.07) is 0.751. The van der Waals surface area contributed by atoms with Crippen molar-refractivity contribution in [3.63, 3.8) is 0 Å². The Bertz CT molecular complexity index is 310. The Morgan fingerprint density at radius 3 is 2.79 bits per heavy atom. The van der Waals surface area contributed by atoms with Gasteiger partial charge >= 0.3 is 0 Å². The summed E-state index contributed by atoms with van der Waals surface area (Å²) in [6.07, 6.45) is 11.5. The molecule has 3 rings (SSSR count). The molecule has 0 spiro atoms. The van der Waals surface area contributed by atoms with Crippen LogP contribution in [0.5, 0.6) is 0 Å². The van der Waals surface area contributed by atoms with E-state index in [9.17, 15) is 4.79 Å². The number of fused-ring (bicyclic) bond motifs is 1. The monoisotopic (exact) mass is 265 g/mol. The molecule has 0 aromatic heterocycles. The van der Waals surface area contributed by atoms with E-state index >= 15 is 0 Å². The lowest BCUT2D eigenvalue weighted by Crippen LogP contribution is -2.53. The predicted octanol–water partition coefficient (Wildman–Crippen LogP) is 2.64. The largest absolute Gasteiger partial charge is 0.380 e. The topological polar surface area (TPSA) is 29.5 Å². The molecule has 1 aliphatic carbocycles. The van der Waals surface area contributed by atoms with Crippen LogP contribution in [0.2, 0.25) is 0 Å². The molecule has 2 heterocycles. The van der Waals surface area contributed by atoms with Gasteiger partial charge in [0.2, 0.25) is 0 Å². The number of likely N-dealkylation sites (tertiary alicyclic amines) is 1. The third-order valence-corrected chi connectivity index (χ3v) is 5.48. The summed E-state index contributed by atoms with van der Waals surface area (Å²) in [6.45, 7) is 3.61. The molecule has 2 aliphatic heterocycles. The summed E-state index contributed by atoms with van der Waals surface area (Å²) in [5, 5.41) is 0. The van der Waals surface area contributed by atoms with Gasteiger partial charge in [-0.15, -0.1) is 0 Å². The highest BCUT2D eigenvalue weighted by atomic mass is 16.5. The zero-order valence-corrected chi connectivity index (χ0v) is 12.0. The summed E-state index contributed by atoms with van der Waals surface area (Å²) in [7, 11) is 0. The average Bonchev–Trinajstić information content (AvgIpc) is 2.49. The van der Waals surface area contributed by atoms with Crippen molar-refractivity contribution in [1.82, 2.24) is 4.90 Å². The normalized spacial score (nSPS) is 40.6. The minimum Gasteiger partial charge on any atom is -0.380 e. The summed E-state index contributed by atoms with van der Waals surface area (Å²) in [5.74, 6) is 0.899. The van der Waals surface area contributed by atoms with Gasteiger partial charge in [0.1, 0.15) is 6.29 Å². The molecule has 0 N–H and O–H groups in total. The van der Waals surface area contributed by atoms with Crippen LogP contribution in [-0.4, -0.2) is 43.5 Å². The van der Waals surface area contributed by atoms with E-state index < -0.39 is 0 Å². The number of nitrogens with zero attached hydrogens (tertiary/aromatic N) is 1. The van der Waals surface area contributed by atoms with Gasteiger partial charge in [-0.2, -0.15) is 0 Å². The highest BCUT2D eigenvalue weighted by Crippen LogP contribution is 2.38. The summed E-state index contributed by atoms with van der Waals surface area (Å²) >= 11 is 0. The molecule has 3 fully saturated rings. The van der Waals surface area contributed by atoms with Crippen LogP contribution in [0.25, 0.3) is 0 Å². The maximum atomic E-state index is 11.6. The third-order valence-electron chi connectivity index (χ3n) is 5.48. The van der Waals surface area contributed by atoms with E-state index in [1.807, 2.05) is 0 Å². The van der Waals surface area contributed by atoms with Gasteiger partial charge in [0.25, 0.3) is 0 Å². The van der Waals surface area contributed by atoms with Gasteiger partial charge in [0.05, 0.1) is 12.0 Å². The van der Waals surface area contributed by atoms with Crippen LogP contribution < -0.4 is 0 Å². The van der Waals surface area contributed by atoms with Crippen molar-refractivity contribution in [2.24, 2.45) is 11.3 Å². The number of hydrogen-bond donors (Lipinski definition) is 0. The van der Waals surface area contributed by atoms with Crippen LogP contribution >= 0.6 is 0 Å². The third kappa shape index (κ3) is 2.87. The molecule has 1 saturated carbocycles. The van der Waals surface area contributed by atoms with Gasteiger partial charge in [-0.3, -0.25) is 4.90 Å². The van der Waals surface area contributed by atoms with Gasteiger partial charge in [-0.25, -0.2) is 0 Å². The van der Waals surface area contributed by atoms with Crippen molar-refractivity contribution in [2.75, 3.05) is 26.3 Å². The molecule has 3 nitrogen and oxygen atoms in total. The fraction of sp³-hybridized carbons (Fsp3) is 0.938. The molecule has 108 valence electrons. The quantitative estimate of drug-likeness (QED) is 0.735. The number of carbonyl (C=O) groups is 1. The molecule has 0 amide bonds. The Hall–Kier alpha value is -0.410. The number of ether oxygens (including phenoxy) is 1. The molecule has 0 aromatic rings. The second-order valence-electron chi connectivity index (χ2n) is 6.86. The Kier molecular flexibility index (Phi) is 4.23. The molecular weight excluding hydrogens is 238 g/mol. The first kappa shape index (κ1) is 13.6. The maximum Gasteiger partial charge on any atom is 0.129 e. The van der Waals surface area contributed by atoms with Crippen molar-refractivity contribution < 1.29 is 9.53 Å². The standard InChI is InChI=1S/C16H27NO2/c18-12-16(8-4-10-19-13-16)11-17-9-3-6-14-5-1-2-7-15(14)17/h12,14-15H,1-11,13H2/t14-,15-,16?/m1/s1. The zero-order valence-electron chi connectivity index (χ0n) is 12.0. The van der Waals surface area contributed by atoms with E-state index in [4.69, 9.17) is 4.74 Å². The SMILES string of the molecule is O=CC1(CN2CCC[C@H]3CCCC[C@H]32)CCCOC1. The average molecular weight is 265 g/mol. The summed E-state index contributed by atoms with van der Waals surface area (Å²) in [4.78, 5) is 14.2. The van der Waals surface area contributed by atoms with E-state index in [1.54, 1.807) is 0 Å². The minimum absolute atomic E-state index is 0.211. The Labute approximate surface area is 116 Å². The highest BCUT2D eigenvalue weighted by Gasteiger charge is 2.40. The lowest BCUT2D eigenvalue weighted by Gasteiger charge is -2.47. The predicted molar refractivity (Wildman–Crippen MR) is 75.1 cm³/mol. The molecule has 0 bridgehead atoms. The second kappa shape index (κ2) is 5.92. The van der Waals surface area contributed by atoms with Crippen molar-refractivity contribution in [3.8, 4) is 0 Å². The Balaban J connectivity index is 1.68.